The summed E-state index contributed by atoms with van der Waals surface area (Å²) in [6, 6.07) is 22.9. The second-order valence-electron chi connectivity index (χ2n) is 8.31. The van der Waals surface area contributed by atoms with Crippen LogP contribution in [-0.2, 0) is 9.84 Å². The molecule has 0 saturated carbocycles. The average Bonchev–Trinajstić information content (AvgIpc) is 3.48. The minimum atomic E-state index is -3.74. The molecule has 0 aliphatic heterocycles. The van der Waals surface area contributed by atoms with Gasteiger partial charge in [-0.15, -0.1) is 0 Å². The monoisotopic (exact) mass is 532 g/mol. The number of anilines is 1. The number of hydrogen-bond acceptors (Lipinski definition) is 6. The molecule has 1 N–H and O–H groups in total. The first-order valence-corrected chi connectivity index (χ1v) is 13.1. The molecular weight excluding hydrogens is 512 g/mol. The van der Waals surface area contributed by atoms with Crippen molar-refractivity contribution in [3.63, 3.8) is 0 Å². The van der Waals surface area contributed by atoms with Gasteiger partial charge in [-0.1, -0.05) is 29.8 Å². The molecule has 2 heterocycles. The van der Waals surface area contributed by atoms with Gasteiger partial charge >= 0.3 is 0 Å². The van der Waals surface area contributed by atoms with Crippen LogP contribution in [0.3, 0.4) is 0 Å². The normalized spacial score (nSPS) is 11.4. The molecule has 186 valence electrons. The highest BCUT2D eigenvalue weighted by atomic mass is 35.5. The van der Waals surface area contributed by atoms with Gasteiger partial charge in [-0.2, -0.15) is 5.10 Å². The van der Waals surface area contributed by atoms with Crippen LogP contribution in [0.1, 0.15) is 21.9 Å². The van der Waals surface area contributed by atoms with Gasteiger partial charge < -0.3 is 9.73 Å². The van der Waals surface area contributed by atoms with Crippen LogP contribution in [0.25, 0.3) is 17.3 Å². The summed E-state index contributed by atoms with van der Waals surface area (Å²) in [5.74, 6) is -0.0663. The molecule has 0 aliphatic rings. The van der Waals surface area contributed by atoms with Crippen molar-refractivity contribution in [2.45, 2.75) is 23.6 Å². The van der Waals surface area contributed by atoms with Crippen molar-refractivity contribution in [3.8, 4) is 17.3 Å². The smallest absolute Gasteiger partial charge is 0.280 e. The van der Waals surface area contributed by atoms with E-state index >= 15 is 0 Å². The molecule has 0 bridgehead atoms. The second-order valence-corrected chi connectivity index (χ2v) is 10.7. The van der Waals surface area contributed by atoms with Crippen LogP contribution in [0.5, 0.6) is 0 Å². The largest absolute Gasteiger partial charge is 0.417 e. The summed E-state index contributed by atoms with van der Waals surface area (Å²) in [5.41, 5.74) is 2.69. The quantitative estimate of drug-likeness (QED) is 0.292. The summed E-state index contributed by atoms with van der Waals surface area (Å²) >= 11 is 5.87. The molecule has 1 amide bonds. The van der Waals surface area contributed by atoms with Crippen LogP contribution >= 0.6 is 11.6 Å². The maximum absolute atomic E-state index is 13.3. The molecule has 0 fully saturated rings. The van der Waals surface area contributed by atoms with Gasteiger partial charge in [0, 0.05) is 22.0 Å². The number of carbonyl (C=O) groups excluding carboxylic acids is 1. The topological polar surface area (TPSA) is 107 Å². The Bertz CT molecular complexity index is 1690. The first-order chi connectivity index (χ1) is 17.7. The molecule has 3 aromatic carbocycles. The Morgan fingerprint density at radius 1 is 0.919 bits per heavy atom. The van der Waals surface area contributed by atoms with Gasteiger partial charge in [-0.05, 0) is 80.6 Å². The van der Waals surface area contributed by atoms with Crippen LogP contribution in [0.15, 0.2) is 99.1 Å². The van der Waals surface area contributed by atoms with E-state index in [0.717, 1.165) is 11.4 Å². The van der Waals surface area contributed by atoms with E-state index in [1.807, 2.05) is 50.2 Å². The summed E-state index contributed by atoms with van der Waals surface area (Å²) in [5, 5.41) is 7.65. The molecule has 8 nitrogen and oxygen atoms in total. The highest BCUT2D eigenvalue weighted by Gasteiger charge is 2.25. The van der Waals surface area contributed by atoms with E-state index in [2.05, 4.69) is 15.4 Å². The number of aromatic nitrogens is 3. The van der Waals surface area contributed by atoms with E-state index in [1.165, 1.54) is 53.2 Å². The van der Waals surface area contributed by atoms with E-state index in [-0.39, 0.29) is 27.3 Å². The minimum absolute atomic E-state index is 0.0444. The summed E-state index contributed by atoms with van der Waals surface area (Å²) < 4.78 is 33.4. The molecule has 0 atom stereocenters. The van der Waals surface area contributed by atoms with E-state index in [0.29, 0.717) is 16.3 Å². The van der Waals surface area contributed by atoms with Gasteiger partial charge in [0.1, 0.15) is 0 Å². The van der Waals surface area contributed by atoms with Crippen molar-refractivity contribution in [3.05, 3.63) is 107 Å². The Morgan fingerprint density at radius 2 is 1.54 bits per heavy atom. The zero-order chi connectivity index (χ0) is 26.2. The molecule has 0 saturated heterocycles. The van der Waals surface area contributed by atoms with Crippen LogP contribution in [0.4, 0.5) is 5.69 Å². The maximum Gasteiger partial charge on any atom is 0.280 e. The fraction of sp³-hybridized carbons (Fsp3) is 0.0741. The molecule has 2 aromatic heterocycles. The predicted molar refractivity (Wildman–Crippen MR) is 140 cm³/mol. The standard InChI is InChI=1S/C27H21ClN4O4S/c1-17-16-18(2)32(31-17)27-24(30-26(36-27)19-6-4-3-5-7-19)25(33)29-21-10-14-23(15-11-21)37(34,35)22-12-8-20(28)9-13-22/h3-16H,1-2H3,(H,29,33). The number of benzene rings is 3. The zero-order valence-electron chi connectivity index (χ0n) is 19.8. The Kier molecular flexibility index (Phi) is 6.41. The van der Waals surface area contributed by atoms with E-state index in [4.69, 9.17) is 16.0 Å². The fourth-order valence-electron chi connectivity index (χ4n) is 3.80. The number of nitrogens with one attached hydrogen (secondary N) is 1. The lowest BCUT2D eigenvalue weighted by Gasteiger charge is -2.08. The Morgan fingerprint density at radius 3 is 2.14 bits per heavy atom. The third kappa shape index (κ3) is 4.91. The number of oxazole rings is 1. The first kappa shape index (κ1) is 24.5. The molecule has 10 heteroatoms. The van der Waals surface area contributed by atoms with Crippen molar-refractivity contribution < 1.29 is 17.6 Å². The third-order valence-corrected chi connectivity index (χ3v) is 7.63. The number of nitrogens with zero attached hydrogens (tertiary/aromatic N) is 3. The Labute approximate surface area is 218 Å². The van der Waals surface area contributed by atoms with Crippen LogP contribution < -0.4 is 5.32 Å². The van der Waals surface area contributed by atoms with Crippen molar-refractivity contribution in [2.75, 3.05) is 5.32 Å². The van der Waals surface area contributed by atoms with Crippen LogP contribution in [-0.4, -0.2) is 29.1 Å². The number of sulfone groups is 1. The minimum Gasteiger partial charge on any atom is -0.417 e. The maximum atomic E-state index is 13.3. The van der Waals surface area contributed by atoms with Gasteiger partial charge in [-0.25, -0.2) is 18.1 Å². The van der Waals surface area contributed by atoms with Crippen LogP contribution in [0.2, 0.25) is 5.02 Å². The average molecular weight is 533 g/mol. The lowest BCUT2D eigenvalue weighted by Crippen LogP contribution is -2.16. The van der Waals surface area contributed by atoms with Gasteiger partial charge in [0.2, 0.25) is 15.7 Å². The number of rotatable bonds is 6. The zero-order valence-corrected chi connectivity index (χ0v) is 21.4. The number of amides is 1. The first-order valence-electron chi connectivity index (χ1n) is 11.2. The van der Waals surface area contributed by atoms with Crippen molar-refractivity contribution in [1.82, 2.24) is 14.8 Å². The predicted octanol–water partition coefficient (Wildman–Crippen LogP) is 5.88. The number of hydrogen-bond donors (Lipinski definition) is 1. The third-order valence-electron chi connectivity index (χ3n) is 5.59. The molecule has 0 spiro atoms. The van der Waals surface area contributed by atoms with Gasteiger partial charge in [0.05, 0.1) is 15.5 Å². The SMILES string of the molecule is Cc1cc(C)n(-c2oc(-c3ccccc3)nc2C(=O)Nc2ccc(S(=O)(=O)c3ccc(Cl)cc3)cc2)n1. The number of carbonyl (C=O) groups is 1. The molecule has 5 aromatic rings. The molecule has 0 radical (unpaired) electrons. The lowest BCUT2D eigenvalue weighted by molar-refractivity contribution is 0.102. The Balaban J connectivity index is 1.45. The van der Waals surface area contributed by atoms with E-state index < -0.39 is 15.7 Å². The van der Waals surface area contributed by atoms with Gasteiger partial charge in [0.15, 0.2) is 5.69 Å². The molecule has 5 rings (SSSR count). The molecule has 37 heavy (non-hydrogen) atoms. The second kappa shape index (κ2) is 9.68. The lowest BCUT2D eigenvalue weighted by atomic mass is 10.2. The molecular formula is C27H21ClN4O4S. The number of aryl methyl sites for hydroxylation is 2. The van der Waals surface area contributed by atoms with Crippen molar-refractivity contribution in [1.29, 1.82) is 0 Å². The summed E-state index contributed by atoms with van der Waals surface area (Å²) in [7, 11) is -3.74. The molecule has 0 unspecified atom stereocenters. The number of halogens is 1. The van der Waals surface area contributed by atoms with E-state index in [9.17, 15) is 13.2 Å². The Hall–Kier alpha value is -4.21. The highest BCUT2D eigenvalue weighted by Crippen LogP contribution is 2.27. The van der Waals surface area contributed by atoms with E-state index in [1.54, 1.807) is 0 Å². The summed E-state index contributed by atoms with van der Waals surface area (Å²) in [4.78, 5) is 18.0. The molecule has 0 aliphatic carbocycles. The van der Waals surface area contributed by atoms with Crippen molar-refractivity contribution >= 4 is 33.0 Å². The fourth-order valence-corrected chi connectivity index (χ4v) is 5.19. The van der Waals surface area contributed by atoms with Crippen LogP contribution in [0, 0.1) is 13.8 Å². The van der Waals surface area contributed by atoms with Gasteiger partial charge in [0.25, 0.3) is 11.8 Å². The summed E-state index contributed by atoms with van der Waals surface area (Å²) in [6.07, 6.45) is 0. The van der Waals surface area contributed by atoms with Gasteiger partial charge in [-0.3, -0.25) is 4.79 Å². The highest BCUT2D eigenvalue weighted by molar-refractivity contribution is 7.91. The summed E-state index contributed by atoms with van der Waals surface area (Å²) in [6.45, 7) is 3.70. The van der Waals surface area contributed by atoms with Crippen molar-refractivity contribution in [2.24, 2.45) is 0 Å².